The number of fused-ring (bicyclic) bond motifs is 1. The summed E-state index contributed by atoms with van der Waals surface area (Å²) >= 11 is 0. The maximum atomic E-state index is 11.7. The minimum Gasteiger partial charge on any atom is -0.358 e. The minimum absolute atomic E-state index is 0.0568. The highest BCUT2D eigenvalue weighted by Gasteiger charge is 2.60. The van der Waals surface area contributed by atoms with Crippen LogP contribution in [-0.2, 0) is 9.53 Å². The van der Waals surface area contributed by atoms with Gasteiger partial charge in [-0.15, -0.1) is 0 Å². The number of rotatable bonds is 1. The van der Waals surface area contributed by atoms with Gasteiger partial charge in [0.15, 0.2) is 5.78 Å². The van der Waals surface area contributed by atoms with Crippen molar-refractivity contribution in [3.8, 4) is 0 Å². The van der Waals surface area contributed by atoms with E-state index in [2.05, 4.69) is 13.8 Å². The quantitative estimate of drug-likeness (QED) is 0.558. The Kier molecular flexibility index (Phi) is 1.59. The van der Waals surface area contributed by atoms with Crippen molar-refractivity contribution >= 4 is 5.78 Å². The minimum atomic E-state index is -0.0670. The first-order valence-electron chi connectivity index (χ1n) is 4.76. The Balaban J connectivity index is 2.10. The molecule has 2 aliphatic rings. The molecule has 2 nitrogen and oxygen atoms in total. The third-order valence-corrected chi connectivity index (χ3v) is 3.26. The monoisotopic (exact) mass is 168 g/mol. The Morgan fingerprint density at radius 2 is 2.25 bits per heavy atom. The zero-order chi connectivity index (χ0) is 8.93. The molecule has 0 N–H and O–H groups in total. The first kappa shape index (κ1) is 8.24. The van der Waals surface area contributed by atoms with E-state index < -0.39 is 0 Å². The van der Waals surface area contributed by atoms with Gasteiger partial charge in [0.1, 0.15) is 6.10 Å². The zero-order valence-corrected chi connectivity index (χ0v) is 7.96. The molecule has 0 aromatic heterocycles. The smallest absolute Gasteiger partial charge is 0.167 e. The lowest BCUT2D eigenvalue weighted by molar-refractivity contribution is -0.126. The summed E-state index contributed by atoms with van der Waals surface area (Å²) in [5.41, 5.74) is -0.0670. The van der Waals surface area contributed by atoms with Crippen LogP contribution >= 0.6 is 0 Å². The van der Waals surface area contributed by atoms with Gasteiger partial charge in [-0.05, 0) is 25.7 Å². The van der Waals surface area contributed by atoms with Crippen LogP contribution in [0.1, 0.15) is 33.6 Å². The first-order chi connectivity index (χ1) is 5.54. The average molecular weight is 168 g/mol. The molecule has 68 valence electrons. The molecule has 12 heavy (non-hydrogen) atoms. The summed E-state index contributed by atoms with van der Waals surface area (Å²) < 4.78 is 5.41. The van der Waals surface area contributed by atoms with Gasteiger partial charge >= 0.3 is 0 Å². The Morgan fingerprint density at radius 3 is 2.83 bits per heavy atom. The lowest BCUT2D eigenvalue weighted by Gasteiger charge is -2.23. The SMILES string of the molecule is CC(C)C1CC[C@]2(C)O[C@@H]2C1=O. The predicted octanol–water partition coefficient (Wildman–Crippen LogP) is 1.78. The predicted molar refractivity (Wildman–Crippen MR) is 45.8 cm³/mol. The molecule has 1 saturated carbocycles. The van der Waals surface area contributed by atoms with Gasteiger partial charge in [-0.1, -0.05) is 13.8 Å². The molecule has 1 saturated heterocycles. The van der Waals surface area contributed by atoms with Crippen molar-refractivity contribution in [3.63, 3.8) is 0 Å². The number of hydrogen-bond acceptors (Lipinski definition) is 2. The molecule has 1 heterocycles. The van der Waals surface area contributed by atoms with E-state index in [1.807, 2.05) is 6.92 Å². The van der Waals surface area contributed by atoms with Gasteiger partial charge in [0, 0.05) is 5.92 Å². The average Bonchev–Trinajstić information content (AvgIpc) is 2.62. The molecule has 1 aliphatic heterocycles. The van der Waals surface area contributed by atoms with Crippen molar-refractivity contribution in [2.75, 3.05) is 0 Å². The second-order valence-corrected chi connectivity index (χ2v) is 4.60. The van der Waals surface area contributed by atoms with E-state index in [0.717, 1.165) is 12.8 Å². The molecular formula is C10H16O2. The molecule has 1 unspecified atom stereocenters. The number of Topliss-reactive ketones (excluding diaryl/α,β-unsaturated/α-hetero) is 1. The highest BCUT2D eigenvalue weighted by Crippen LogP contribution is 2.48. The van der Waals surface area contributed by atoms with Gasteiger partial charge in [-0.25, -0.2) is 0 Å². The normalized spacial score (nSPS) is 46.2. The Morgan fingerprint density at radius 1 is 1.58 bits per heavy atom. The molecule has 0 bridgehead atoms. The molecular weight excluding hydrogens is 152 g/mol. The van der Waals surface area contributed by atoms with Crippen LogP contribution in [0.5, 0.6) is 0 Å². The second-order valence-electron chi connectivity index (χ2n) is 4.60. The number of hydrogen-bond donors (Lipinski definition) is 0. The van der Waals surface area contributed by atoms with Crippen LogP contribution in [0, 0.1) is 11.8 Å². The standard InChI is InChI=1S/C10H16O2/c1-6(2)7-4-5-10(3)9(12-10)8(7)11/h6-7,9H,4-5H2,1-3H3/t7?,9-,10+/m1/s1. The highest BCUT2D eigenvalue weighted by molar-refractivity contribution is 5.90. The van der Waals surface area contributed by atoms with Crippen molar-refractivity contribution in [1.29, 1.82) is 0 Å². The van der Waals surface area contributed by atoms with Crippen LogP contribution in [0.15, 0.2) is 0 Å². The number of carbonyl (C=O) groups excluding carboxylic acids is 1. The van der Waals surface area contributed by atoms with Crippen LogP contribution in [0.4, 0.5) is 0 Å². The molecule has 0 spiro atoms. The third kappa shape index (κ3) is 1.01. The van der Waals surface area contributed by atoms with Crippen LogP contribution in [0.25, 0.3) is 0 Å². The molecule has 2 rings (SSSR count). The lowest BCUT2D eigenvalue weighted by atomic mass is 9.77. The highest BCUT2D eigenvalue weighted by atomic mass is 16.6. The maximum absolute atomic E-state index is 11.7. The molecule has 2 fully saturated rings. The molecule has 3 atom stereocenters. The Labute approximate surface area is 73.3 Å². The molecule has 1 aliphatic carbocycles. The van der Waals surface area contributed by atoms with Crippen molar-refractivity contribution in [2.24, 2.45) is 11.8 Å². The topological polar surface area (TPSA) is 29.6 Å². The van der Waals surface area contributed by atoms with Crippen molar-refractivity contribution in [3.05, 3.63) is 0 Å². The van der Waals surface area contributed by atoms with Crippen LogP contribution < -0.4 is 0 Å². The van der Waals surface area contributed by atoms with E-state index in [4.69, 9.17) is 4.74 Å². The van der Waals surface area contributed by atoms with Crippen LogP contribution in [0.2, 0.25) is 0 Å². The first-order valence-corrected chi connectivity index (χ1v) is 4.76. The van der Waals surface area contributed by atoms with E-state index in [-0.39, 0.29) is 17.6 Å². The van der Waals surface area contributed by atoms with Gasteiger partial charge < -0.3 is 4.74 Å². The van der Waals surface area contributed by atoms with Crippen LogP contribution in [-0.4, -0.2) is 17.5 Å². The van der Waals surface area contributed by atoms with Gasteiger partial charge in [-0.3, -0.25) is 4.79 Å². The van der Waals surface area contributed by atoms with Crippen LogP contribution in [0.3, 0.4) is 0 Å². The maximum Gasteiger partial charge on any atom is 0.167 e. The Hall–Kier alpha value is -0.370. The fourth-order valence-electron chi connectivity index (χ4n) is 2.22. The van der Waals surface area contributed by atoms with Crippen molar-refractivity contribution in [2.45, 2.75) is 45.3 Å². The van der Waals surface area contributed by atoms with Gasteiger partial charge in [0.25, 0.3) is 0 Å². The summed E-state index contributed by atoms with van der Waals surface area (Å²) in [6.45, 7) is 6.29. The van der Waals surface area contributed by atoms with E-state index in [1.54, 1.807) is 0 Å². The number of epoxide rings is 1. The molecule has 0 aromatic rings. The molecule has 0 radical (unpaired) electrons. The zero-order valence-electron chi connectivity index (χ0n) is 7.96. The summed E-state index contributed by atoms with van der Waals surface area (Å²) in [6, 6.07) is 0. The van der Waals surface area contributed by atoms with Gasteiger partial charge in [0.05, 0.1) is 5.60 Å². The van der Waals surface area contributed by atoms with E-state index in [1.165, 1.54) is 0 Å². The van der Waals surface area contributed by atoms with Crippen molar-refractivity contribution in [1.82, 2.24) is 0 Å². The summed E-state index contributed by atoms with van der Waals surface area (Å²) in [5, 5.41) is 0. The third-order valence-electron chi connectivity index (χ3n) is 3.26. The fourth-order valence-corrected chi connectivity index (χ4v) is 2.22. The summed E-state index contributed by atoms with van der Waals surface area (Å²) in [7, 11) is 0. The van der Waals surface area contributed by atoms with Crippen molar-refractivity contribution < 1.29 is 9.53 Å². The second kappa shape index (κ2) is 2.32. The lowest BCUT2D eigenvalue weighted by Crippen LogP contribution is -2.34. The van der Waals surface area contributed by atoms with Gasteiger partial charge in [-0.2, -0.15) is 0 Å². The van der Waals surface area contributed by atoms with E-state index >= 15 is 0 Å². The summed E-state index contributed by atoms with van der Waals surface area (Å²) in [6.07, 6.45) is 2.02. The molecule has 0 aromatic carbocycles. The molecule has 0 amide bonds. The number of carbonyl (C=O) groups is 1. The van der Waals surface area contributed by atoms with E-state index in [9.17, 15) is 4.79 Å². The summed E-state index contributed by atoms with van der Waals surface area (Å²) in [5.74, 6) is 1.08. The van der Waals surface area contributed by atoms with E-state index in [0.29, 0.717) is 11.7 Å². The molecule has 2 heteroatoms. The fraction of sp³-hybridized carbons (Fsp3) is 0.900. The number of ether oxygens (including phenoxy) is 1. The largest absolute Gasteiger partial charge is 0.358 e. The number of ketones is 1. The Bertz CT molecular complexity index is 222. The van der Waals surface area contributed by atoms with Gasteiger partial charge in [0.2, 0.25) is 0 Å². The summed E-state index contributed by atoms with van der Waals surface area (Å²) in [4.78, 5) is 11.7.